The summed E-state index contributed by atoms with van der Waals surface area (Å²) in [7, 11) is 0. The number of hydrogen-bond acceptors (Lipinski definition) is 2. The van der Waals surface area contributed by atoms with Gasteiger partial charge in [0.15, 0.2) is 0 Å². The lowest BCUT2D eigenvalue weighted by atomic mass is 10.1. The third-order valence-corrected chi connectivity index (χ3v) is 3.55. The lowest BCUT2D eigenvalue weighted by Crippen LogP contribution is -2.03. The van der Waals surface area contributed by atoms with Crippen molar-refractivity contribution in [3.05, 3.63) is 63.1 Å². The van der Waals surface area contributed by atoms with E-state index in [0.717, 1.165) is 16.5 Å². The molecule has 100 valence electrons. The third kappa shape index (κ3) is 4.23. The zero-order valence-corrected chi connectivity index (χ0v) is 12.7. The summed E-state index contributed by atoms with van der Waals surface area (Å²) in [6, 6.07) is 13.8. The second kappa shape index (κ2) is 6.94. The Morgan fingerprint density at radius 2 is 1.74 bits per heavy atom. The standard InChI is InChI=1S/C15H15BrClNO/c16-13-5-6-14(17)15(9-13)19-10-12-3-1-11(2-4-12)7-8-18/h1-6,9H,7-8,10,18H2. The quantitative estimate of drug-likeness (QED) is 0.886. The molecule has 2 aromatic carbocycles. The summed E-state index contributed by atoms with van der Waals surface area (Å²) in [6.07, 6.45) is 0.901. The maximum absolute atomic E-state index is 6.07. The predicted octanol–water partition coefficient (Wildman–Crippen LogP) is 4.18. The number of ether oxygens (including phenoxy) is 1. The van der Waals surface area contributed by atoms with Crippen LogP contribution in [0.3, 0.4) is 0 Å². The van der Waals surface area contributed by atoms with Crippen molar-refractivity contribution in [1.29, 1.82) is 0 Å². The van der Waals surface area contributed by atoms with Crippen LogP contribution in [-0.2, 0) is 13.0 Å². The van der Waals surface area contributed by atoms with Gasteiger partial charge in [-0.05, 0) is 42.3 Å². The lowest BCUT2D eigenvalue weighted by molar-refractivity contribution is 0.306. The van der Waals surface area contributed by atoms with E-state index in [-0.39, 0.29) is 0 Å². The van der Waals surface area contributed by atoms with Crippen molar-refractivity contribution in [3.63, 3.8) is 0 Å². The van der Waals surface area contributed by atoms with Crippen molar-refractivity contribution < 1.29 is 4.74 Å². The van der Waals surface area contributed by atoms with Crippen LogP contribution >= 0.6 is 27.5 Å². The van der Waals surface area contributed by atoms with E-state index in [0.29, 0.717) is 23.9 Å². The fourth-order valence-corrected chi connectivity index (χ4v) is 2.23. The third-order valence-electron chi connectivity index (χ3n) is 2.74. The van der Waals surface area contributed by atoms with Crippen LogP contribution in [0.2, 0.25) is 5.02 Å². The molecule has 0 heterocycles. The molecule has 2 N–H and O–H groups in total. The highest BCUT2D eigenvalue weighted by Gasteiger charge is 2.03. The van der Waals surface area contributed by atoms with Gasteiger partial charge in [0.25, 0.3) is 0 Å². The second-order valence-electron chi connectivity index (χ2n) is 4.22. The van der Waals surface area contributed by atoms with Gasteiger partial charge in [-0.3, -0.25) is 0 Å². The molecule has 4 heteroatoms. The highest BCUT2D eigenvalue weighted by atomic mass is 79.9. The van der Waals surface area contributed by atoms with E-state index >= 15 is 0 Å². The van der Waals surface area contributed by atoms with Crippen LogP contribution in [0.1, 0.15) is 11.1 Å². The van der Waals surface area contributed by atoms with Gasteiger partial charge in [0.05, 0.1) is 5.02 Å². The Labute approximate surface area is 126 Å². The van der Waals surface area contributed by atoms with Crippen LogP contribution in [0.25, 0.3) is 0 Å². The van der Waals surface area contributed by atoms with Gasteiger partial charge in [-0.1, -0.05) is 51.8 Å². The molecule has 0 fully saturated rings. The number of benzene rings is 2. The van der Waals surface area contributed by atoms with Crippen molar-refractivity contribution in [1.82, 2.24) is 0 Å². The second-order valence-corrected chi connectivity index (χ2v) is 5.54. The first kappa shape index (κ1) is 14.4. The van der Waals surface area contributed by atoms with E-state index in [9.17, 15) is 0 Å². The van der Waals surface area contributed by atoms with Crippen LogP contribution < -0.4 is 10.5 Å². The topological polar surface area (TPSA) is 35.2 Å². The van der Waals surface area contributed by atoms with Gasteiger partial charge in [-0.2, -0.15) is 0 Å². The number of rotatable bonds is 5. The average Bonchev–Trinajstić information content (AvgIpc) is 2.42. The molecule has 0 bridgehead atoms. The molecule has 0 saturated carbocycles. The smallest absolute Gasteiger partial charge is 0.139 e. The Hall–Kier alpha value is -1.03. The van der Waals surface area contributed by atoms with Crippen LogP contribution in [0.15, 0.2) is 46.9 Å². The molecular formula is C15H15BrClNO. The van der Waals surface area contributed by atoms with Crippen LogP contribution in [-0.4, -0.2) is 6.54 Å². The summed E-state index contributed by atoms with van der Waals surface area (Å²) in [5.74, 6) is 0.682. The molecular weight excluding hydrogens is 326 g/mol. The maximum Gasteiger partial charge on any atom is 0.139 e. The highest BCUT2D eigenvalue weighted by Crippen LogP contribution is 2.28. The molecule has 0 aromatic heterocycles. The summed E-state index contributed by atoms with van der Waals surface area (Å²) in [4.78, 5) is 0. The summed E-state index contributed by atoms with van der Waals surface area (Å²) >= 11 is 9.47. The normalized spacial score (nSPS) is 10.5. The molecule has 0 spiro atoms. The minimum atomic E-state index is 0.499. The molecule has 0 atom stereocenters. The molecule has 0 unspecified atom stereocenters. The van der Waals surface area contributed by atoms with Crippen molar-refractivity contribution in [2.45, 2.75) is 13.0 Å². The van der Waals surface area contributed by atoms with Crippen molar-refractivity contribution in [2.75, 3.05) is 6.54 Å². The first-order valence-electron chi connectivity index (χ1n) is 6.05. The van der Waals surface area contributed by atoms with E-state index in [1.165, 1.54) is 5.56 Å². The van der Waals surface area contributed by atoms with Crippen LogP contribution in [0, 0.1) is 0 Å². The zero-order chi connectivity index (χ0) is 13.7. The highest BCUT2D eigenvalue weighted by molar-refractivity contribution is 9.10. The first-order chi connectivity index (χ1) is 9.19. The average molecular weight is 341 g/mol. The van der Waals surface area contributed by atoms with Gasteiger partial charge in [0, 0.05) is 4.47 Å². The first-order valence-corrected chi connectivity index (χ1v) is 7.22. The summed E-state index contributed by atoms with van der Waals surface area (Å²) in [5, 5.41) is 0.614. The number of halogens is 2. The van der Waals surface area contributed by atoms with Gasteiger partial charge in [0.2, 0.25) is 0 Å². The summed E-state index contributed by atoms with van der Waals surface area (Å²) in [5.41, 5.74) is 7.87. The van der Waals surface area contributed by atoms with Gasteiger partial charge in [0.1, 0.15) is 12.4 Å². The number of hydrogen-bond donors (Lipinski definition) is 1. The predicted molar refractivity (Wildman–Crippen MR) is 82.7 cm³/mol. The van der Waals surface area contributed by atoms with E-state index in [1.807, 2.05) is 18.2 Å². The van der Waals surface area contributed by atoms with Gasteiger partial charge < -0.3 is 10.5 Å². The largest absolute Gasteiger partial charge is 0.487 e. The lowest BCUT2D eigenvalue weighted by Gasteiger charge is -2.09. The van der Waals surface area contributed by atoms with E-state index in [1.54, 1.807) is 0 Å². The van der Waals surface area contributed by atoms with Crippen LogP contribution in [0.4, 0.5) is 0 Å². The molecule has 0 aliphatic carbocycles. The van der Waals surface area contributed by atoms with Gasteiger partial charge in [-0.15, -0.1) is 0 Å². The van der Waals surface area contributed by atoms with Crippen molar-refractivity contribution >= 4 is 27.5 Å². The van der Waals surface area contributed by atoms with Gasteiger partial charge >= 0.3 is 0 Å². The molecule has 0 saturated heterocycles. The molecule has 0 radical (unpaired) electrons. The molecule has 0 amide bonds. The Kier molecular flexibility index (Phi) is 5.25. The fourth-order valence-electron chi connectivity index (χ4n) is 1.72. The molecule has 2 nitrogen and oxygen atoms in total. The number of nitrogens with two attached hydrogens (primary N) is 1. The Morgan fingerprint density at radius 3 is 2.42 bits per heavy atom. The molecule has 2 rings (SSSR count). The zero-order valence-electron chi connectivity index (χ0n) is 10.4. The molecule has 19 heavy (non-hydrogen) atoms. The van der Waals surface area contributed by atoms with E-state index in [2.05, 4.69) is 40.2 Å². The summed E-state index contributed by atoms with van der Waals surface area (Å²) < 4.78 is 6.67. The SMILES string of the molecule is NCCc1ccc(COc2cc(Br)ccc2Cl)cc1. The Morgan fingerprint density at radius 1 is 1.05 bits per heavy atom. The summed E-state index contributed by atoms with van der Waals surface area (Å²) in [6.45, 7) is 1.17. The van der Waals surface area contributed by atoms with Crippen molar-refractivity contribution in [3.8, 4) is 5.75 Å². The minimum absolute atomic E-state index is 0.499. The Balaban J connectivity index is 2.00. The molecule has 0 aliphatic heterocycles. The monoisotopic (exact) mass is 339 g/mol. The van der Waals surface area contributed by atoms with E-state index < -0.39 is 0 Å². The maximum atomic E-state index is 6.07. The molecule has 0 aliphatic rings. The Bertz CT molecular complexity index is 542. The van der Waals surface area contributed by atoms with Gasteiger partial charge in [-0.25, -0.2) is 0 Å². The van der Waals surface area contributed by atoms with E-state index in [4.69, 9.17) is 22.1 Å². The molecule has 2 aromatic rings. The van der Waals surface area contributed by atoms with Crippen LogP contribution in [0.5, 0.6) is 5.75 Å². The fraction of sp³-hybridized carbons (Fsp3) is 0.200. The minimum Gasteiger partial charge on any atom is -0.487 e. The van der Waals surface area contributed by atoms with Crippen molar-refractivity contribution in [2.24, 2.45) is 5.73 Å².